The molecular weight excluding hydrogens is 288 g/mol. The number of methoxy groups -OCH3 is 2. The van der Waals surface area contributed by atoms with Crippen LogP contribution in [0, 0.1) is 0 Å². The Balaban J connectivity index is 3.23. The van der Waals surface area contributed by atoms with Crippen molar-refractivity contribution in [2.24, 2.45) is 0 Å². The van der Waals surface area contributed by atoms with Gasteiger partial charge in [-0.15, -0.1) is 0 Å². The molecule has 0 saturated heterocycles. The van der Waals surface area contributed by atoms with Crippen molar-refractivity contribution in [1.82, 2.24) is 0 Å². The predicted molar refractivity (Wildman–Crippen MR) is 67.8 cm³/mol. The topological polar surface area (TPSA) is 44.8 Å². The molecule has 0 spiro atoms. The van der Waals surface area contributed by atoms with E-state index in [0.29, 0.717) is 21.5 Å². The maximum absolute atomic E-state index is 11.5. The summed E-state index contributed by atoms with van der Waals surface area (Å²) >= 11 is 3.37. The average Bonchev–Trinajstić information content (AvgIpc) is 2.30. The summed E-state index contributed by atoms with van der Waals surface area (Å²) in [6.07, 6.45) is 0.00361. The van der Waals surface area contributed by atoms with Gasteiger partial charge in [-0.1, -0.05) is 0 Å². The summed E-state index contributed by atoms with van der Waals surface area (Å²) in [6, 6.07) is 3.22. The molecule has 4 nitrogen and oxygen atoms in total. The fourth-order valence-corrected chi connectivity index (χ4v) is 1.78. The van der Waals surface area contributed by atoms with Crippen molar-refractivity contribution in [1.29, 1.82) is 0 Å². The van der Waals surface area contributed by atoms with Crippen molar-refractivity contribution < 1.29 is 19.0 Å². The first-order valence-corrected chi connectivity index (χ1v) is 5.91. The minimum Gasteiger partial charge on any atom is -0.495 e. The summed E-state index contributed by atoms with van der Waals surface area (Å²) in [4.78, 5) is 11.5. The van der Waals surface area contributed by atoms with Crippen LogP contribution in [0.1, 0.15) is 24.2 Å². The van der Waals surface area contributed by atoms with Gasteiger partial charge in [0.15, 0.2) is 0 Å². The lowest BCUT2D eigenvalue weighted by Crippen LogP contribution is -2.08. The number of halogens is 1. The predicted octanol–water partition coefficient (Wildman–Crippen LogP) is 3.03. The van der Waals surface area contributed by atoms with Crippen molar-refractivity contribution >= 4 is 21.9 Å². The van der Waals surface area contributed by atoms with E-state index in [1.54, 1.807) is 12.1 Å². The molecule has 0 aromatic heterocycles. The maximum atomic E-state index is 11.5. The van der Waals surface area contributed by atoms with Gasteiger partial charge in [-0.05, 0) is 41.9 Å². The lowest BCUT2D eigenvalue weighted by Gasteiger charge is -2.15. The first-order chi connectivity index (χ1) is 7.99. The van der Waals surface area contributed by atoms with Crippen molar-refractivity contribution in [2.45, 2.75) is 20.0 Å². The van der Waals surface area contributed by atoms with Crippen LogP contribution in [0.2, 0.25) is 0 Å². The molecular formula is C12H15BrO4. The normalized spacial score (nSPS) is 10.2. The lowest BCUT2D eigenvalue weighted by atomic mass is 10.2. The molecule has 0 aliphatic heterocycles. The largest absolute Gasteiger partial charge is 0.495 e. The minimum atomic E-state index is -0.426. The number of carbonyl (C=O) groups is 1. The molecule has 1 rings (SSSR count). The van der Waals surface area contributed by atoms with Crippen molar-refractivity contribution in [3.05, 3.63) is 22.2 Å². The maximum Gasteiger partial charge on any atom is 0.338 e. The van der Waals surface area contributed by atoms with E-state index >= 15 is 0 Å². The van der Waals surface area contributed by atoms with Gasteiger partial charge in [0.1, 0.15) is 16.0 Å². The van der Waals surface area contributed by atoms with Gasteiger partial charge in [-0.2, -0.15) is 0 Å². The molecule has 0 amide bonds. The molecule has 1 aromatic carbocycles. The first kappa shape index (κ1) is 13.8. The zero-order chi connectivity index (χ0) is 13.0. The van der Waals surface area contributed by atoms with E-state index in [9.17, 15) is 4.79 Å². The molecule has 0 aliphatic rings. The molecule has 0 bridgehead atoms. The zero-order valence-corrected chi connectivity index (χ0v) is 11.8. The quantitative estimate of drug-likeness (QED) is 0.802. The van der Waals surface area contributed by atoms with Crippen LogP contribution in [0.25, 0.3) is 0 Å². The van der Waals surface area contributed by atoms with E-state index in [2.05, 4.69) is 20.7 Å². The summed E-state index contributed by atoms with van der Waals surface area (Å²) < 4.78 is 16.1. The molecule has 0 aliphatic carbocycles. The second-order valence-corrected chi connectivity index (χ2v) is 4.44. The molecule has 0 unspecified atom stereocenters. The van der Waals surface area contributed by atoms with E-state index in [1.165, 1.54) is 14.2 Å². The Hall–Kier alpha value is -1.23. The van der Waals surface area contributed by atoms with Gasteiger partial charge in [-0.25, -0.2) is 4.79 Å². The summed E-state index contributed by atoms with van der Waals surface area (Å²) in [5, 5.41) is 0. The second-order valence-electron chi connectivity index (χ2n) is 3.65. The molecule has 0 saturated carbocycles. The minimum absolute atomic E-state index is 0.00361. The van der Waals surface area contributed by atoms with Gasteiger partial charge in [-0.3, -0.25) is 0 Å². The number of hydrogen-bond donors (Lipinski definition) is 0. The summed E-state index contributed by atoms with van der Waals surface area (Å²) in [5.74, 6) is 0.660. The molecule has 0 radical (unpaired) electrons. The monoisotopic (exact) mass is 302 g/mol. The van der Waals surface area contributed by atoms with Gasteiger partial charge in [0.2, 0.25) is 0 Å². The number of esters is 1. The number of rotatable bonds is 4. The average molecular weight is 303 g/mol. The number of hydrogen-bond acceptors (Lipinski definition) is 4. The smallest absolute Gasteiger partial charge is 0.338 e. The third-order valence-electron chi connectivity index (χ3n) is 2.01. The summed E-state index contributed by atoms with van der Waals surface area (Å²) in [7, 11) is 2.86. The molecule has 0 heterocycles. The molecule has 1 aromatic rings. The number of ether oxygens (including phenoxy) is 3. The molecule has 94 valence electrons. The fraction of sp³-hybridized carbons (Fsp3) is 0.417. The molecule has 17 heavy (non-hydrogen) atoms. The van der Waals surface area contributed by atoms with E-state index in [-0.39, 0.29) is 6.10 Å². The van der Waals surface area contributed by atoms with Crippen molar-refractivity contribution in [2.75, 3.05) is 14.2 Å². The van der Waals surface area contributed by atoms with Gasteiger partial charge < -0.3 is 14.2 Å². The Labute approximate surface area is 109 Å². The fourth-order valence-electron chi connectivity index (χ4n) is 1.30. The van der Waals surface area contributed by atoms with E-state index in [0.717, 1.165) is 0 Å². The third-order valence-corrected chi connectivity index (χ3v) is 2.79. The highest BCUT2D eigenvalue weighted by molar-refractivity contribution is 9.10. The van der Waals surface area contributed by atoms with Crippen LogP contribution in [0.5, 0.6) is 11.5 Å². The first-order valence-electron chi connectivity index (χ1n) is 5.12. The highest BCUT2D eigenvalue weighted by Crippen LogP contribution is 2.36. The molecule has 5 heteroatoms. The lowest BCUT2D eigenvalue weighted by molar-refractivity contribution is 0.0599. The van der Waals surface area contributed by atoms with Gasteiger partial charge in [0, 0.05) is 0 Å². The van der Waals surface area contributed by atoms with Crippen LogP contribution in [0.15, 0.2) is 16.6 Å². The van der Waals surface area contributed by atoms with Crippen molar-refractivity contribution in [3.8, 4) is 11.5 Å². The van der Waals surface area contributed by atoms with E-state index in [1.807, 2.05) is 13.8 Å². The Morgan fingerprint density at radius 3 is 2.29 bits per heavy atom. The summed E-state index contributed by atoms with van der Waals surface area (Å²) in [6.45, 7) is 3.81. The van der Waals surface area contributed by atoms with Crippen molar-refractivity contribution in [3.63, 3.8) is 0 Å². The van der Waals surface area contributed by atoms with Gasteiger partial charge in [0.25, 0.3) is 0 Å². The van der Waals surface area contributed by atoms with Gasteiger partial charge >= 0.3 is 5.97 Å². The van der Waals surface area contributed by atoms with Crippen LogP contribution >= 0.6 is 15.9 Å². The summed E-state index contributed by atoms with van der Waals surface area (Å²) in [5.41, 5.74) is 0.392. The van der Waals surface area contributed by atoms with E-state index in [4.69, 9.17) is 9.47 Å². The second kappa shape index (κ2) is 5.91. The Morgan fingerprint density at radius 2 is 1.82 bits per heavy atom. The van der Waals surface area contributed by atoms with Crippen LogP contribution in [-0.4, -0.2) is 26.3 Å². The number of carbonyl (C=O) groups excluding carboxylic acids is 1. The Bertz CT molecular complexity index is 415. The molecule has 0 fully saturated rings. The Morgan fingerprint density at radius 1 is 1.24 bits per heavy atom. The molecule has 0 atom stereocenters. The zero-order valence-electron chi connectivity index (χ0n) is 10.2. The highest BCUT2D eigenvalue weighted by atomic mass is 79.9. The van der Waals surface area contributed by atoms with Crippen LogP contribution < -0.4 is 9.47 Å². The van der Waals surface area contributed by atoms with Crippen LogP contribution in [-0.2, 0) is 4.74 Å². The standard InChI is InChI=1S/C12H15BrO4/c1-7(2)17-10-6-8(12(14)16-4)5-9(15-3)11(10)13/h5-7H,1-4H3. The molecule has 0 N–H and O–H groups in total. The van der Waals surface area contributed by atoms with E-state index < -0.39 is 5.97 Å². The van der Waals surface area contributed by atoms with Gasteiger partial charge in [0.05, 0.1) is 25.9 Å². The Kier molecular flexibility index (Phi) is 4.81. The van der Waals surface area contributed by atoms with Crippen LogP contribution in [0.4, 0.5) is 0 Å². The number of benzene rings is 1. The highest BCUT2D eigenvalue weighted by Gasteiger charge is 2.16. The third kappa shape index (κ3) is 3.36. The SMILES string of the molecule is COC(=O)c1cc(OC)c(Br)c(OC(C)C)c1. The van der Waals surface area contributed by atoms with Crippen LogP contribution in [0.3, 0.4) is 0 Å².